The van der Waals surface area contributed by atoms with Gasteiger partial charge in [-0.2, -0.15) is 0 Å². The second-order valence-electron chi connectivity index (χ2n) is 4.13. The van der Waals surface area contributed by atoms with Crippen molar-refractivity contribution in [3.63, 3.8) is 0 Å². The Bertz CT molecular complexity index is 238. The van der Waals surface area contributed by atoms with E-state index in [0.29, 0.717) is 19.0 Å². The molecule has 0 spiro atoms. The van der Waals surface area contributed by atoms with Crippen molar-refractivity contribution in [2.24, 2.45) is 11.8 Å². The van der Waals surface area contributed by atoms with Gasteiger partial charge in [-0.05, 0) is 5.92 Å². The molecule has 0 saturated carbocycles. The van der Waals surface area contributed by atoms with E-state index in [1.165, 1.54) is 7.11 Å². The fraction of sp³-hybridized carbons (Fsp3) is 0.800. The number of ether oxygens (including phenoxy) is 1. The van der Waals surface area contributed by atoms with Crippen molar-refractivity contribution >= 4 is 11.8 Å². The van der Waals surface area contributed by atoms with E-state index in [2.05, 4.69) is 18.6 Å². The van der Waals surface area contributed by atoms with Gasteiger partial charge >= 0.3 is 5.97 Å². The van der Waals surface area contributed by atoms with Crippen LogP contribution in [0.5, 0.6) is 0 Å². The molecule has 1 fully saturated rings. The Balaban J connectivity index is 2.51. The predicted octanol–water partition coefficient (Wildman–Crippen LogP) is 0.316. The number of nitrogens with zero attached hydrogens (tertiary/aromatic N) is 1. The molecular weight excluding hydrogens is 182 g/mol. The molecule has 0 radical (unpaired) electrons. The van der Waals surface area contributed by atoms with Crippen LogP contribution in [-0.2, 0) is 14.3 Å². The van der Waals surface area contributed by atoms with Crippen molar-refractivity contribution in [3.8, 4) is 0 Å². The Labute approximate surface area is 84.2 Å². The van der Waals surface area contributed by atoms with Crippen molar-refractivity contribution in [1.82, 2.24) is 4.90 Å². The Morgan fingerprint density at radius 3 is 2.79 bits per heavy atom. The van der Waals surface area contributed by atoms with Crippen LogP contribution in [-0.4, -0.2) is 43.4 Å². The highest BCUT2D eigenvalue weighted by Crippen LogP contribution is 2.15. The van der Waals surface area contributed by atoms with Gasteiger partial charge in [0, 0.05) is 13.1 Å². The first-order valence-electron chi connectivity index (χ1n) is 4.87. The van der Waals surface area contributed by atoms with Gasteiger partial charge in [0.15, 0.2) is 5.78 Å². The molecule has 0 aromatic rings. The largest absolute Gasteiger partial charge is 0.468 e. The summed E-state index contributed by atoms with van der Waals surface area (Å²) in [6.07, 6.45) is 0. The zero-order valence-corrected chi connectivity index (χ0v) is 8.95. The highest BCUT2D eigenvalue weighted by atomic mass is 16.5. The molecule has 1 saturated heterocycles. The number of ketones is 1. The summed E-state index contributed by atoms with van der Waals surface area (Å²) in [6.45, 7) is 5.95. The second-order valence-corrected chi connectivity index (χ2v) is 4.13. The molecule has 80 valence electrons. The molecule has 4 nitrogen and oxygen atoms in total. The van der Waals surface area contributed by atoms with Gasteiger partial charge in [-0.15, -0.1) is 0 Å². The summed E-state index contributed by atoms with van der Waals surface area (Å²) < 4.78 is 4.57. The molecule has 0 amide bonds. The number of esters is 1. The first-order valence-corrected chi connectivity index (χ1v) is 4.87. The summed E-state index contributed by atoms with van der Waals surface area (Å²) in [6, 6.07) is 0. The average molecular weight is 199 g/mol. The van der Waals surface area contributed by atoms with E-state index in [1.54, 1.807) is 0 Å². The van der Waals surface area contributed by atoms with Crippen molar-refractivity contribution in [2.45, 2.75) is 13.8 Å². The van der Waals surface area contributed by atoms with Crippen LogP contribution in [0, 0.1) is 11.8 Å². The van der Waals surface area contributed by atoms with E-state index >= 15 is 0 Å². The first kappa shape index (κ1) is 11.2. The van der Waals surface area contributed by atoms with E-state index < -0.39 is 11.9 Å². The third kappa shape index (κ3) is 2.54. The minimum atomic E-state index is -0.557. The maximum absolute atomic E-state index is 11.4. The molecular formula is C10H17NO3. The zero-order valence-electron chi connectivity index (χ0n) is 8.95. The number of hydrogen-bond acceptors (Lipinski definition) is 4. The molecule has 1 atom stereocenters. The standard InChI is InChI=1S/C10H17NO3/c1-7(2)4-11-5-8(9(12)6-11)10(13)14-3/h7-8H,4-6H2,1-3H3. The lowest BCUT2D eigenvalue weighted by molar-refractivity contribution is -0.147. The summed E-state index contributed by atoms with van der Waals surface area (Å²) >= 11 is 0. The normalized spacial score (nSPS) is 23.1. The minimum absolute atomic E-state index is 0.0162. The van der Waals surface area contributed by atoms with Crippen LogP contribution < -0.4 is 0 Å². The van der Waals surface area contributed by atoms with Crippen LogP contribution in [0.25, 0.3) is 0 Å². The summed E-state index contributed by atoms with van der Waals surface area (Å²) in [7, 11) is 1.32. The topological polar surface area (TPSA) is 46.6 Å². The number of carbonyl (C=O) groups excluding carboxylic acids is 2. The zero-order chi connectivity index (χ0) is 10.7. The molecule has 0 N–H and O–H groups in total. The SMILES string of the molecule is COC(=O)C1CN(CC(C)C)CC1=O. The third-order valence-corrected chi connectivity index (χ3v) is 2.32. The lowest BCUT2D eigenvalue weighted by atomic mass is 10.1. The average Bonchev–Trinajstić information content (AvgIpc) is 2.44. The van der Waals surface area contributed by atoms with Gasteiger partial charge in [0.1, 0.15) is 5.92 Å². The molecule has 0 aromatic carbocycles. The maximum atomic E-state index is 11.4. The summed E-state index contributed by atoms with van der Waals surface area (Å²) in [5.41, 5.74) is 0. The van der Waals surface area contributed by atoms with Crippen LogP contribution in [0.3, 0.4) is 0 Å². The van der Waals surface area contributed by atoms with Crippen LogP contribution in [0.2, 0.25) is 0 Å². The Morgan fingerprint density at radius 1 is 1.64 bits per heavy atom. The fourth-order valence-corrected chi connectivity index (χ4v) is 1.76. The third-order valence-electron chi connectivity index (χ3n) is 2.32. The summed E-state index contributed by atoms with van der Waals surface area (Å²) in [4.78, 5) is 24.6. The van der Waals surface area contributed by atoms with E-state index in [-0.39, 0.29) is 5.78 Å². The van der Waals surface area contributed by atoms with Crippen molar-refractivity contribution in [2.75, 3.05) is 26.7 Å². The Hall–Kier alpha value is -0.900. The number of methoxy groups -OCH3 is 1. The predicted molar refractivity (Wildman–Crippen MR) is 51.8 cm³/mol. The first-order chi connectivity index (χ1) is 6.54. The van der Waals surface area contributed by atoms with Crippen LogP contribution in [0.1, 0.15) is 13.8 Å². The number of hydrogen-bond donors (Lipinski definition) is 0. The van der Waals surface area contributed by atoms with Crippen LogP contribution >= 0.6 is 0 Å². The Kier molecular flexibility index (Phi) is 3.63. The van der Waals surface area contributed by atoms with Crippen molar-refractivity contribution in [3.05, 3.63) is 0 Å². The summed E-state index contributed by atoms with van der Waals surface area (Å²) in [5.74, 6) is -0.461. The van der Waals surface area contributed by atoms with Crippen molar-refractivity contribution in [1.29, 1.82) is 0 Å². The fourth-order valence-electron chi connectivity index (χ4n) is 1.76. The van der Waals surface area contributed by atoms with Gasteiger partial charge < -0.3 is 4.74 Å². The summed E-state index contributed by atoms with van der Waals surface area (Å²) in [5, 5.41) is 0. The van der Waals surface area contributed by atoms with E-state index in [1.807, 2.05) is 4.90 Å². The van der Waals surface area contributed by atoms with E-state index in [4.69, 9.17) is 0 Å². The monoisotopic (exact) mass is 199 g/mol. The molecule has 1 rings (SSSR count). The smallest absolute Gasteiger partial charge is 0.317 e. The highest BCUT2D eigenvalue weighted by molar-refractivity contribution is 6.01. The van der Waals surface area contributed by atoms with Gasteiger partial charge in [-0.25, -0.2) is 0 Å². The molecule has 1 unspecified atom stereocenters. The number of carbonyl (C=O) groups is 2. The van der Waals surface area contributed by atoms with Gasteiger partial charge in [-0.1, -0.05) is 13.8 Å². The number of rotatable bonds is 3. The van der Waals surface area contributed by atoms with Gasteiger partial charge in [0.25, 0.3) is 0 Å². The maximum Gasteiger partial charge on any atom is 0.317 e. The quantitative estimate of drug-likeness (QED) is 0.485. The number of likely N-dealkylation sites (tertiary alicyclic amines) is 1. The van der Waals surface area contributed by atoms with Crippen LogP contribution in [0.15, 0.2) is 0 Å². The van der Waals surface area contributed by atoms with Crippen LogP contribution in [0.4, 0.5) is 0 Å². The molecule has 0 bridgehead atoms. The van der Waals surface area contributed by atoms with Gasteiger partial charge in [0.2, 0.25) is 0 Å². The van der Waals surface area contributed by atoms with E-state index in [0.717, 1.165) is 6.54 Å². The Morgan fingerprint density at radius 2 is 2.29 bits per heavy atom. The van der Waals surface area contributed by atoms with E-state index in [9.17, 15) is 9.59 Å². The second kappa shape index (κ2) is 4.55. The molecule has 1 aliphatic rings. The van der Waals surface area contributed by atoms with Gasteiger partial charge in [-0.3, -0.25) is 14.5 Å². The number of Topliss-reactive ketones (excluding diaryl/α,β-unsaturated/α-hetero) is 1. The lowest BCUT2D eigenvalue weighted by Gasteiger charge is -2.16. The van der Waals surface area contributed by atoms with Gasteiger partial charge in [0.05, 0.1) is 13.7 Å². The molecule has 1 heterocycles. The molecule has 0 aromatic heterocycles. The lowest BCUT2D eigenvalue weighted by Crippen LogP contribution is -2.27. The van der Waals surface area contributed by atoms with Crippen molar-refractivity contribution < 1.29 is 14.3 Å². The minimum Gasteiger partial charge on any atom is -0.468 e. The molecule has 1 aliphatic heterocycles. The molecule has 0 aliphatic carbocycles. The highest BCUT2D eigenvalue weighted by Gasteiger charge is 2.36. The molecule has 4 heteroatoms. The molecule has 14 heavy (non-hydrogen) atoms.